The number of rotatable bonds is 5. The molecule has 2 aromatic rings. The van der Waals surface area contributed by atoms with E-state index in [1.807, 2.05) is 0 Å². The second-order valence-electron chi connectivity index (χ2n) is 4.86. The molecule has 0 fully saturated rings. The molecule has 116 valence electrons. The van der Waals surface area contributed by atoms with Gasteiger partial charge in [0.25, 0.3) is 5.69 Å². The molecule has 0 aliphatic carbocycles. The van der Waals surface area contributed by atoms with Crippen molar-refractivity contribution in [3.8, 4) is 11.3 Å². The Kier molecular flexibility index (Phi) is 4.57. The summed E-state index contributed by atoms with van der Waals surface area (Å²) >= 11 is 0. The predicted molar refractivity (Wildman–Crippen MR) is 79.2 cm³/mol. The maximum absolute atomic E-state index is 11.3. The lowest BCUT2D eigenvalue weighted by molar-refractivity contribution is -0.384. The van der Waals surface area contributed by atoms with Gasteiger partial charge in [-0.25, -0.2) is 0 Å². The van der Waals surface area contributed by atoms with E-state index in [1.165, 1.54) is 19.2 Å². The number of hydrogen-bond acceptors (Lipinski definition) is 6. The highest BCUT2D eigenvalue weighted by atomic mass is 16.6. The monoisotopic (exact) mass is 304 g/mol. The van der Waals surface area contributed by atoms with Crippen LogP contribution in [0.5, 0.6) is 0 Å². The Morgan fingerprint density at radius 3 is 2.73 bits per heavy atom. The zero-order valence-corrected chi connectivity index (χ0v) is 12.2. The van der Waals surface area contributed by atoms with Gasteiger partial charge in [0, 0.05) is 24.1 Å². The molecule has 7 nitrogen and oxygen atoms in total. The maximum Gasteiger partial charge on any atom is 0.323 e. The predicted octanol–water partition coefficient (Wildman–Crippen LogP) is 2.21. The van der Waals surface area contributed by atoms with Gasteiger partial charge in [-0.3, -0.25) is 14.9 Å². The molecule has 1 aromatic carbocycles. The minimum atomic E-state index is -0.790. The molecule has 0 bridgehead atoms. The second kappa shape index (κ2) is 6.40. The lowest BCUT2D eigenvalue weighted by Crippen LogP contribution is -2.33. The van der Waals surface area contributed by atoms with Crippen molar-refractivity contribution < 1.29 is 18.9 Å². The number of nitro benzene ring substituents is 1. The van der Waals surface area contributed by atoms with E-state index in [9.17, 15) is 14.9 Å². The zero-order valence-electron chi connectivity index (χ0n) is 12.2. The van der Waals surface area contributed by atoms with E-state index in [4.69, 9.17) is 10.2 Å². The van der Waals surface area contributed by atoms with Crippen LogP contribution in [0.15, 0.2) is 34.7 Å². The summed E-state index contributed by atoms with van der Waals surface area (Å²) in [6, 6.07) is 7.22. The van der Waals surface area contributed by atoms with Gasteiger partial charge in [-0.1, -0.05) is 0 Å². The number of esters is 1. The second-order valence-corrected chi connectivity index (χ2v) is 4.86. The summed E-state index contributed by atoms with van der Waals surface area (Å²) in [5.41, 5.74) is 7.19. The number of nitrogens with two attached hydrogens (primary N) is 1. The van der Waals surface area contributed by atoms with Gasteiger partial charge in [-0.05, 0) is 30.7 Å². The highest BCUT2D eigenvalue weighted by Crippen LogP contribution is 2.28. The smallest absolute Gasteiger partial charge is 0.323 e. The van der Waals surface area contributed by atoms with Gasteiger partial charge >= 0.3 is 5.97 Å². The molecule has 1 unspecified atom stereocenters. The summed E-state index contributed by atoms with van der Waals surface area (Å²) in [5.74, 6) is 0.606. The summed E-state index contributed by atoms with van der Waals surface area (Å²) < 4.78 is 10.2. The van der Waals surface area contributed by atoms with Crippen LogP contribution in [0.3, 0.4) is 0 Å². The summed E-state index contributed by atoms with van der Waals surface area (Å²) in [6.07, 6.45) is 0.221. The summed E-state index contributed by atoms with van der Waals surface area (Å²) in [7, 11) is 1.27. The van der Waals surface area contributed by atoms with Gasteiger partial charge in [0.05, 0.1) is 12.0 Å². The van der Waals surface area contributed by atoms with E-state index >= 15 is 0 Å². The number of non-ortho nitro benzene ring substituents is 1. The van der Waals surface area contributed by atoms with Crippen molar-refractivity contribution >= 4 is 11.7 Å². The Balaban J connectivity index is 2.21. The molecule has 0 radical (unpaired) electrons. The van der Waals surface area contributed by atoms with E-state index in [2.05, 4.69) is 4.74 Å². The number of aryl methyl sites for hydroxylation is 1. The number of methoxy groups -OCH3 is 1. The van der Waals surface area contributed by atoms with Gasteiger partial charge in [0.2, 0.25) is 0 Å². The van der Waals surface area contributed by atoms with Crippen LogP contribution in [0, 0.1) is 17.0 Å². The summed E-state index contributed by atoms with van der Waals surface area (Å²) in [5, 5.41) is 10.7. The highest BCUT2D eigenvalue weighted by molar-refractivity contribution is 5.75. The van der Waals surface area contributed by atoms with E-state index in [1.54, 1.807) is 25.1 Å². The standard InChI is InChI=1S/C15H16N2O5/c1-9-7-10(17(19)20)3-5-12(9)14-6-4-11(22-14)8-13(16)15(18)21-2/h3-7,13H,8,16H2,1-2H3. The van der Waals surface area contributed by atoms with Crippen molar-refractivity contribution in [1.29, 1.82) is 0 Å². The number of benzene rings is 1. The molecule has 1 atom stereocenters. The van der Waals surface area contributed by atoms with Crippen LogP contribution < -0.4 is 5.73 Å². The van der Waals surface area contributed by atoms with Crippen LogP contribution in [0.1, 0.15) is 11.3 Å². The van der Waals surface area contributed by atoms with Crippen molar-refractivity contribution in [1.82, 2.24) is 0 Å². The first-order chi connectivity index (χ1) is 10.4. The molecule has 2 N–H and O–H groups in total. The Hall–Kier alpha value is -2.67. The molecule has 0 amide bonds. The first-order valence-corrected chi connectivity index (χ1v) is 6.60. The van der Waals surface area contributed by atoms with E-state index in [0.717, 1.165) is 11.1 Å². The Morgan fingerprint density at radius 1 is 1.41 bits per heavy atom. The number of hydrogen-bond donors (Lipinski definition) is 1. The number of furan rings is 1. The van der Waals surface area contributed by atoms with Crippen molar-refractivity contribution in [3.05, 3.63) is 51.8 Å². The van der Waals surface area contributed by atoms with Crippen LogP contribution in [-0.2, 0) is 16.0 Å². The van der Waals surface area contributed by atoms with Gasteiger partial charge in [-0.2, -0.15) is 0 Å². The average Bonchev–Trinajstić information content (AvgIpc) is 2.94. The lowest BCUT2D eigenvalue weighted by Gasteiger charge is -2.07. The van der Waals surface area contributed by atoms with Gasteiger partial charge in [-0.15, -0.1) is 0 Å². The minimum absolute atomic E-state index is 0.0285. The molecule has 0 aliphatic rings. The third-order valence-electron chi connectivity index (χ3n) is 3.27. The number of ether oxygens (including phenoxy) is 1. The normalized spacial score (nSPS) is 12.0. The zero-order chi connectivity index (χ0) is 16.3. The van der Waals surface area contributed by atoms with Gasteiger partial charge in [0.15, 0.2) is 0 Å². The van der Waals surface area contributed by atoms with Crippen LogP contribution in [-0.4, -0.2) is 24.0 Å². The minimum Gasteiger partial charge on any atom is -0.468 e. The van der Waals surface area contributed by atoms with E-state index in [-0.39, 0.29) is 12.1 Å². The summed E-state index contributed by atoms with van der Waals surface area (Å²) in [6.45, 7) is 1.77. The van der Waals surface area contributed by atoms with E-state index in [0.29, 0.717) is 11.5 Å². The average molecular weight is 304 g/mol. The van der Waals surface area contributed by atoms with Gasteiger partial charge < -0.3 is 14.9 Å². The molecule has 22 heavy (non-hydrogen) atoms. The molecular formula is C15H16N2O5. The largest absolute Gasteiger partial charge is 0.468 e. The molecule has 0 spiro atoms. The molecular weight excluding hydrogens is 288 g/mol. The first-order valence-electron chi connectivity index (χ1n) is 6.60. The SMILES string of the molecule is COC(=O)C(N)Cc1ccc(-c2ccc([N+](=O)[O-])cc2C)o1. The van der Waals surface area contributed by atoms with Crippen LogP contribution in [0.25, 0.3) is 11.3 Å². The van der Waals surface area contributed by atoms with Crippen LogP contribution in [0.2, 0.25) is 0 Å². The number of nitrogens with zero attached hydrogens (tertiary/aromatic N) is 1. The molecule has 0 aliphatic heterocycles. The molecule has 0 saturated carbocycles. The molecule has 0 saturated heterocycles. The molecule has 2 rings (SSSR count). The van der Waals surface area contributed by atoms with Crippen LogP contribution >= 0.6 is 0 Å². The Morgan fingerprint density at radius 2 is 2.14 bits per heavy atom. The third-order valence-corrected chi connectivity index (χ3v) is 3.27. The molecule has 1 aromatic heterocycles. The maximum atomic E-state index is 11.3. The van der Waals surface area contributed by atoms with E-state index < -0.39 is 16.9 Å². The van der Waals surface area contributed by atoms with Crippen molar-refractivity contribution in [2.75, 3.05) is 7.11 Å². The third kappa shape index (κ3) is 3.32. The topological polar surface area (TPSA) is 109 Å². The fraction of sp³-hybridized carbons (Fsp3) is 0.267. The lowest BCUT2D eigenvalue weighted by atomic mass is 10.1. The highest BCUT2D eigenvalue weighted by Gasteiger charge is 2.17. The summed E-state index contributed by atoms with van der Waals surface area (Å²) in [4.78, 5) is 21.6. The Bertz CT molecular complexity index is 708. The fourth-order valence-electron chi connectivity index (χ4n) is 2.12. The number of carbonyl (C=O) groups is 1. The van der Waals surface area contributed by atoms with Crippen molar-refractivity contribution in [2.45, 2.75) is 19.4 Å². The Labute approximate surface area is 126 Å². The van der Waals surface area contributed by atoms with Crippen LogP contribution in [0.4, 0.5) is 5.69 Å². The van der Waals surface area contributed by atoms with Gasteiger partial charge in [0.1, 0.15) is 17.6 Å². The fourth-order valence-corrected chi connectivity index (χ4v) is 2.12. The number of nitro groups is 1. The first kappa shape index (κ1) is 15.7. The van der Waals surface area contributed by atoms with Crippen molar-refractivity contribution in [3.63, 3.8) is 0 Å². The quantitative estimate of drug-likeness (QED) is 0.515. The van der Waals surface area contributed by atoms with Crippen molar-refractivity contribution in [2.24, 2.45) is 5.73 Å². The molecule has 1 heterocycles. The molecule has 7 heteroatoms. The number of carbonyl (C=O) groups excluding carboxylic acids is 1.